The molecule has 8 nitrogen and oxygen atoms in total. The van der Waals surface area contributed by atoms with Gasteiger partial charge in [-0.15, -0.1) is 0 Å². The molecule has 0 radical (unpaired) electrons. The number of rotatable bonds is 4. The zero-order chi connectivity index (χ0) is 20.5. The van der Waals surface area contributed by atoms with Crippen molar-refractivity contribution in [1.82, 2.24) is 19.9 Å². The Kier molecular flexibility index (Phi) is 5.31. The Morgan fingerprint density at radius 3 is 2.48 bits per heavy atom. The van der Waals surface area contributed by atoms with Gasteiger partial charge < -0.3 is 15.6 Å². The lowest BCUT2D eigenvalue weighted by molar-refractivity contribution is 0.517. The van der Waals surface area contributed by atoms with Crippen molar-refractivity contribution in [2.24, 2.45) is 0 Å². The number of thioether (sulfide) groups is 1. The fourth-order valence-electron chi connectivity index (χ4n) is 3.51. The number of hydrogen-bond acceptors (Lipinski definition) is 9. The van der Waals surface area contributed by atoms with Crippen molar-refractivity contribution in [3.63, 3.8) is 0 Å². The van der Waals surface area contributed by atoms with Crippen molar-refractivity contribution in [2.45, 2.75) is 44.6 Å². The first-order valence-electron chi connectivity index (χ1n) is 9.62. The molecule has 1 saturated heterocycles. The van der Waals surface area contributed by atoms with Gasteiger partial charge in [-0.05, 0) is 44.7 Å². The van der Waals surface area contributed by atoms with E-state index in [9.17, 15) is 0 Å². The third kappa shape index (κ3) is 3.87. The Labute approximate surface area is 174 Å². The van der Waals surface area contributed by atoms with Gasteiger partial charge in [0.05, 0.1) is 10.6 Å². The Hall–Kier alpha value is -2.81. The summed E-state index contributed by atoms with van der Waals surface area (Å²) in [7, 11) is 0. The maximum absolute atomic E-state index is 8.36. The number of anilines is 2. The fraction of sp³-hybridized carbons (Fsp3) is 0.400. The Morgan fingerprint density at radius 2 is 1.83 bits per heavy atom. The second-order valence-electron chi connectivity index (χ2n) is 7.42. The molecule has 1 fully saturated rings. The molecule has 0 saturated carbocycles. The van der Waals surface area contributed by atoms with Crippen LogP contribution in [0.15, 0.2) is 29.2 Å². The molecule has 3 N–H and O–H groups in total. The highest BCUT2D eigenvalue weighted by atomic mass is 32.2. The van der Waals surface area contributed by atoms with E-state index >= 15 is 0 Å². The first-order chi connectivity index (χ1) is 13.9. The summed E-state index contributed by atoms with van der Waals surface area (Å²) in [5.74, 6) is 1.56. The molecule has 4 rings (SSSR count). The molecule has 0 atom stereocenters. The summed E-state index contributed by atoms with van der Waals surface area (Å²) in [4.78, 5) is 20.8. The standard InChI is InChI=1S/C20H24N8S/c1-11-8-23-20(24-9-11)28-6-4-14(5-7-28)27-19-17-16(25-10-26-19)15(18(22)29-17)12(2)13(3)21/h8-10,14,21-22H,4-7H2,1-3H3,(H,25,26,27)/b15-12-,21-13?,22-18?. The third-order valence-corrected chi connectivity index (χ3v) is 6.29. The van der Waals surface area contributed by atoms with E-state index in [1.54, 1.807) is 13.3 Å². The van der Waals surface area contributed by atoms with Crippen LogP contribution in [0.5, 0.6) is 0 Å². The van der Waals surface area contributed by atoms with Gasteiger partial charge in [-0.3, -0.25) is 5.41 Å². The molecular weight excluding hydrogens is 384 g/mol. The van der Waals surface area contributed by atoms with Crippen LogP contribution in [0, 0.1) is 17.7 Å². The molecule has 0 aliphatic carbocycles. The quantitative estimate of drug-likeness (QED) is 0.663. The normalized spacial score (nSPS) is 18.6. The highest BCUT2D eigenvalue weighted by Crippen LogP contribution is 2.44. The molecule has 9 heteroatoms. The number of nitrogens with zero attached hydrogens (tertiary/aromatic N) is 5. The smallest absolute Gasteiger partial charge is 0.225 e. The van der Waals surface area contributed by atoms with E-state index in [1.165, 1.54) is 11.8 Å². The van der Waals surface area contributed by atoms with Crippen LogP contribution in [-0.4, -0.2) is 49.8 Å². The van der Waals surface area contributed by atoms with E-state index in [1.807, 2.05) is 26.2 Å². The molecular formula is C20H24N8S. The number of piperidine rings is 1. The number of aromatic nitrogens is 4. The zero-order valence-electron chi connectivity index (χ0n) is 16.8. The molecule has 0 spiro atoms. The molecule has 0 amide bonds. The fourth-order valence-corrected chi connectivity index (χ4v) is 4.53. The minimum atomic E-state index is 0.295. The van der Waals surface area contributed by atoms with Crippen molar-refractivity contribution in [2.75, 3.05) is 23.3 Å². The predicted octanol–water partition coefficient (Wildman–Crippen LogP) is 3.55. The maximum atomic E-state index is 8.36. The summed E-state index contributed by atoms with van der Waals surface area (Å²) < 4.78 is 0. The van der Waals surface area contributed by atoms with Crippen LogP contribution in [0.4, 0.5) is 11.8 Å². The van der Waals surface area contributed by atoms with Gasteiger partial charge in [-0.2, -0.15) is 0 Å². The number of fused-ring (bicyclic) bond motifs is 1. The summed E-state index contributed by atoms with van der Waals surface area (Å²) >= 11 is 1.37. The summed E-state index contributed by atoms with van der Waals surface area (Å²) in [6.45, 7) is 7.37. The second-order valence-corrected chi connectivity index (χ2v) is 8.44. The van der Waals surface area contributed by atoms with Gasteiger partial charge in [0.2, 0.25) is 5.95 Å². The molecule has 2 aliphatic heterocycles. The summed E-state index contributed by atoms with van der Waals surface area (Å²) in [6, 6.07) is 0.295. The van der Waals surface area contributed by atoms with E-state index in [4.69, 9.17) is 10.8 Å². The van der Waals surface area contributed by atoms with Crippen LogP contribution in [0.2, 0.25) is 0 Å². The molecule has 0 unspecified atom stereocenters. The van der Waals surface area contributed by atoms with Crippen molar-refractivity contribution in [3.8, 4) is 0 Å². The average molecular weight is 409 g/mol. The number of aryl methyl sites for hydroxylation is 1. The first kappa shape index (κ1) is 19.5. The molecule has 0 aromatic carbocycles. The van der Waals surface area contributed by atoms with Crippen LogP contribution in [0.3, 0.4) is 0 Å². The van der Waals surface area contributed by atoms with Crippen LogP contribution in [0.25, 0.3) is 5.57 Å². The number of hydrogen-bond donors (Lipinski definition) is 3. The molecule has 0 bridgehead atoms. The first-order valence-corrected chi connectivity index (χ1v) is 10.4. The molecule has 4 heterocycles. The molecule has 2 aromatic rings. The van der Waals surface area contributed by atoms with E-state index in [2.05, 4.69) is 30.2 Å². The van der Waals surface area contributed by atoms with E-state index < -0.39 is 0 Å². The van der Waals surface area contributed by atoms with Gasteiger partial charge in [-0.25, -0.2) is 19.9 Å². The summed E-state index contributed by atoms with van der Waals surface area (Å²) in [5, 5.41) is 20.3. The Morgan fingerprint density at radius 1 is 1.14 bits per heavy atom. The lowest BCUT2D eigenvalue weighted by Gasteiger charge is -2.32. The zero-order valence-corrected chi connectivity index (χ0v) is 17.6. The highest BCUT2D eigenvalue weighted by Gasteiger charge is 2.31. The number of allylic oxidation sites excluding steroid dienone is 1. The van der Waals surface area contributed by atoms with Crippen molar-refractivity contribution >= 4 is 39.9 Å². The molecule has 150 valence electrons. The second kappa shape index (κ2) is 7.90. The minimum absolute atomic E-state index is 0.295. The van der Waals surface area contributed by atoms with Crippen LogP contribution in [-0.2, 0) is 0 Å². The monoisotopic (exact) mass is 408 g/mol. The lowest BCUT2D eigenvalue weighted by Crippen LogP contribution is -2.40. The number of nitrogens with one attached hydrogen (secondary N) is 3. The van der Waals surface area contributed by atoms with Crippen LogP contribution in [0.1, 0.15) is 37.9 Å². The van der Waals surface area contributed by atoms with Crippen molar-refractivity contribution < 1.29 is 0 Å². The average Bonchev–Trinajstić information content (AvgIpc) is 3.05. The lowest BCUT2D eigenvalue weighted by atomic mass is 10.0. The highest BCUT2D eigenvalue weighted by molar-refractivity contribution is 8.15. The topological polar surface area (TPSA) is 115 Å². The van der Waals surface area contributed by atoms with Gasteiger partial charge in [0.1, 0.15) is 17.2 Å². The Balaban J connectivity index is 1.48. The minimum Gasteiger partial charge on any atom is -0.366 e. The summed E-state index contributed by atoms with van der Waals surface area (Å²) in [5.41, 5.74) is 3.81. The largest absolute Gasteiger partial charge is 0.366 e. The van der Waals surface area contributed by atoms with E-state index in [0.717, 1.165) is 65.0 Å². The third-order valence-electron chi connectivity index (χ3n) is 5.30. The SMILES string of the molecule is CC(=N)/C(C)=C1\C(=N)Sc2c(NC3CCN(c4ncc(C)cn4)CC3)ncnc21. The van der Waals surface area contributed by atoms with Gasteiger partial charge in [0, 0.05) is 42.8 Å². The van der Waals surface area contributed by atoms with Crippen molar-refractivity contribution in [1.29, 1.82) is 10.8 Å². The summed E-state index contributed by atoms with van der Waals surface area (Å²) in [6.07, 6.45) is 7.17. The van der Waals surface area contributed by atoms with Gasteiger partial charge in [0.15, 0.2) is 0 Å². The van der Waals surface area contributed by atoms with E-state index in [-0.39, 0.29) is 0 Å². The Bertz CT molecular complexity index is 990. The van der Waals surface area contributed by atoms with E-state index in [0.29, 0.717) is 16.8 Å². The molecule has 2 aromatic heterocycles. The van der Waals surface area contributed by atoms with Crippen LogP contribution < -0.4 is 10.2 Å². The van der Waals surface area contributed by atoms with Gasteiger partial charge >= 0.3 is 0 Å². The van der Waals surface area contributed by atoms with Crippen LogP contribution >= 0.6 is 11.8 Å². The maximum Gasteiger partial charge on any atom is 0.225 e. The predicted molar refractivity (Wildman–Crippen MR) is 117 cm³/mol. The van der Waals surface area contributed by atoms with Gasteiger partial charge in [-0.1, -0.05) is 11.8 Å². The molecule has 2 aliphatic rings. The van der Waals surface area contributed by atoms with Gasteiger partial charge in [0.25, 0.3) is 0 Å². The van der Waals surface area contributed by atoms with Crippen molar-refractivity contribution in [3.05, 3.63) is 35.6 Å². The molecule has 29 heavy (non-hydrogen) atoms.